The minimum atomic E-state index is -1.13. The average molecular weight is 931 g/mol. The molecule has 0 radical (unpaired) electrons. The summed E-state index contributed by atoms with van der Waals surface area (Å²) in [7, 11) is 0. The zero-order valence-electron chi connectivity index (χ0n) is 28.9. The molecule has 0 aliphatic rings. The van der Waals surface area contributed by atoms with E-state index >= 15 is 0 Å². The number of fused-ring (bicyclic) bond motifs is 1. The van der Waals surface area contributed by atoms with Crippen LogP contribution in [0.25, 0.3) is 10.8 Å². The Balaban J connectivity index is 1.64. The minimum absolute atomic E-state index is 0.0968. The maximum Gasteiger partial charge on any atom is 0.243 e. The molecular weight excluding hydrogens is 886 g/mol. The molecule has 274 valence electrons. The fourth-order valence-electron chi connectivity index (χ4n) is 5.78. The number of nitrogens with one attached hydrogen (secondary N) is 4. The van der Waals surface area contributed by atoms with Crippen LogP contribution in [0.2, 0.25) is 0 Å². The standard InChI is InChI=1S/C39H44I2N6O5/c1-24(48)44-33(21-25-10-15-30(40)16-11-25)37(50)47-35(23-27-9-14-28-6-2-3-7-29(28)20-27)39(52)46-34(22-26-12-17-31(41)18-13-26)38(51)45-32(36(43)49)8-4-5-19-42/h2-3,6-7,9-18,20,32-35H,4-5,8,19,21-23,42H2,1H3,(H2,43,49)(H,44,48)(H,45,51)(H,46,52)(H,47,50)/t32-,33-,34-,35-/m1/s1. The fourth-order valence-corrected chi connectivity index (χ4v) is 6.50. The molecule has 5 amide bonds. The van der Waals surface area contributed by atoms with Crippen molar-refractivity contribution in [3.05, 3.63) is 115 Å². The van der Waals surface area contributed by atoms with Gasteiger partial charge in [0.1, 0.15) is 24.2 Å². The molecule has 4 aromatic rings. The van der Waals surface area contributed by atoms with Gasteiger partial charge in [-0.1, -0.05) is 66.7 Å². The van der Waals surface area contributed by atoms with E-state index in [0.717, 1.165) is 34.6 Å². The molecule has 0 fully saturated rings. The number of rotatable bonds is 18. The summed E-state index contributed by atoms with van der Waals surface area (Å²) in [5.41, 5.74) is 13.6. The van der Waals surface area contributed by atoms with Crippen LogP contribution in [0.4, 0.5) is 0 Å². The van der Waals surface area contributed by atoms with E-state index in [9.17, 15) is 24.0 Å². The van der Waals surface area contributed by atoms with Crippen LogP contribution in [0.1, 0.15) is 42.9 Å². The van der Waals surface area contributed by atoms with Gasteiger partial charge in [-0.25, -0.2) is 0 Å². The van der Waals surface area contributed by atoms with Crippen LogP contribution >= 0.6 is 45.2 Å². The first-order valence-corrected chi connectivity index (χ1v) is 19.2. The van der Waals surface area contributed by atoms with Gasteiger partial charge in [-0.2, -0.15) is 0 Å². The summed E-state index contributed by atoms with van der Waals surface area (Å²) in [6.45, 7) is 1.76. The van der Waals surface area contributed by atoms with Crippen molar-refractivity contribution in [3.8, 4) is 0 Å². The lowest BCUT2D eigenvalue weighted by molar-refractivity contribution is -0.134. The van der Waals surface area contributed by atoms with E-state index in [1.54, 1.807) is 0 Å². The molecule has 0 aliphatic carbocycles. The summed E-state index contributed by atoms with van der Waals surface area (Å²) in [6, 6.07) is 24.5. The predicted molar refractivity (Wildman–Crippen MR) is 219 cm³/mol. The highest BCUT2D eigenvalue weighted by Gasteiger charge is 2.31. The van der Waals surface area contributed by atoms with Crippen molar-refractivity contribution in [2.24, 2.45) is 11.5 Å². The van der Waals surface area contributed by atoms with Crippen molar-refractivity contribution in [3.63, 3.8) is 0 Å². The highest BCUT2D eigenvalue weighted by Crippen LogP contribution is 2.18. The van der Waals surface area contributed by atoms with E-state index in [1.807, 2.05) is 91.0 Å². The average Bonchev–Trinajstić information content (AvgIpc) is 3.11. The smallest absolute Gasteiger partial charge is 0.243 e. The molecule has 11 nitrogen and oxygen atoms in total. The third-order valence-electron chi connectivity index (χ3n) is 8.53. The number of carbonyl (C=O) groups is 5. The van der Waals surface area contributed by atoms with Gasteiger partial charge in [0.15, 0.2) is 0 Å². The quantitative estimate of drug-likeness (QED) is 0.0654. The van der Waals surface area contributed by atoms with Crippen LogP contribution in [0.3, 0.4) is 0 Å². The second-order valence-corrected chi connectivity index (χ2v) is 15.2. The van der Waals surface area contributed by atoms with Crippen LogP contribution < -0.4 is 32.7 Å². The maximum atomic E-state index is 14.3. The van der Waals surface area contributed by atoms with Crippen molar-refractivity contribution >= 4 is 85.5 Å². The molecule has 0 aromatic heterocycles. The van der Waals surface area contributed by atoms with Crippen LogP contribution in [-0.2, 0) is 43.2 Å². The zero-order valence-corrected chi connectivity index (χ0v) is 33.2. The van der Waals surface area contributed by atoms with Crippen molar-refractivity contribution in [2.75, 3.05) is 6.54 Å². The van der Waals surface area contributed by atoms with Gasteiger partial charge in [-0.05, 0) is 123 Å². The van der Waals surface area contributed by atoms with Gasteiger partial charge in [0, 0.05) is 33.3 Å². The number of nitrogens with two attached hydrogens (primary N) is 2. The number of carbonyl (C=O) groups excluding carboxylic acids is 5. The summed E-state index contributed by atoms with van der Waals surface area (Å²) < 4.78 is 2.02. The molecule has 52 heavy (non-hydrogen) atoms. The number of hydrogen-bond acceptors (Lipinski definition) is 6. The van der Waals surface area contributed by atoms with Crippen LogP contribution in [-0.4, -0.2) is 60.2 Å². The van der Waals surface area contributed by atoms with Crippen molar-refractivity contribution in [1.82, 2.24) is 21.3 Å². The number of hydrogen-bond donors (Lipinski definition) is 6. The Morgan fingerprint density at radius 2 is 1.02 bits per heavy atom. The van der Waals surface area contributed by atoms with Crippen molar-refractivity contribution < 1.29 is 24.0 Å². The summed E-state index contributed by atoms with van der Waals surface area (Å²) in [5, 5.41) is 13.2. The Bertz CT molecular complexity index is 1850. The lowest BCUT2D eigenvalue weighted by Gasteiger charge is -2.26. The third kappa shape index (κ3) is 12.8. The number of halogens is 2. The zero-order chi connectivity index (χ0) is 37.6. The van der Waals surface area contributed by atoms with Gasteiger partial charge in [-0.3, -0.25) is 24.0 Å². The third-order valence-corrected chi connectivity index (χ3v) is 9.97. The summed E-state index contributed by atoms with van der Waals surface area (Å²) in [6.07, 6.45) is 1.94. The number of primary amides is 1. The predicted octanol–water partition coefficient (Wildman–Crippen LogP) is 3.65. The van der Waals surface area contributed by atoms with Gasteiger partial charge in [0.25, 0.3) is 0 Å². The topological polar surface area (TPSA) is 186 Å². The Kier molecular flexibility index (Phi) is 15.8. The monoisotopic (exact) mass is 930 g/mol. The molecule has 0 saturated heterocycles. The maximum absolute atomic E-state index is 14.3. The van der Waals surface area contributed by atoms with E-state index in [-0.39, 0.29) is 19.3 Å². The second kappa shape index (κ2) is 20.2. The largest absolute Gasteiger partial charge is 0.368 e. The lowest BCUT2D eigenvalue weighted by Crippen LogP contribution is -2.59. The van der Waals surface area contributed by atoms with Crippen molar-refractivity contribution in [2.45, 2.75) is 69.6 Å². The Morgan fingerprint density at radius 1 is 0.577 bits per heavy atom. The molecule has 0 aliphatic heterocycles. The van der Waals surface area contributed by atoms with E-state index in [1.165, 1.54) is 6.92 Å². The first kappa shape index (κ1) is 40.7. The van der Waals surface area contributed by atoms with Gasteiger partial charge in [0.05, 0.1) is 0 Å². The van der Waals surface area contributed by atoms with Gasteiger partial charge in [0.2, 0.25) is 29.5 Å². The molecule has 4 atom stereocenters. The van der Waals surface area contributed by atoms with Gasteiger partial charge in [-0.15, -0.1) is 0 Å². The van der Waals surface area contributed by atoms with E-state index in [4.69, 9.17) is 11.5 Å². The lowest BCUT2D eigenvalue weighted by atomic mass is 9.99. The molecule has 4 aromatic carbocycles. The van der Waals surface area contributed by atoms with Crippen LogP contribution in [0.15, 0.2) is 91.0 Å². The van der Waals surface area contributed by atoms with Crippen LogP contribution in [0, 0.1) is 7.14 Å². The van der Waals surface area contributed by atoms with Gasteiger partial charge < -0.3 is 32.7 Å². The highest BCUT2D eigenvalue weighted by molar-refractivity contribution is 14.1. The molecule has 8 N–H and O–H groups in total. The first-order chi connectivity index (χ1) is 24.9. The fraction of sp³-hybridized carbons (Fsp3) is 0.308. The second-order valence-electron chi connectivity index (χ2n) is 12.7. The van der Waals surface area contributed by atoms with E-state index < -0.39 is 53.7 Å². The summed E-state index contributed by atoms with van der Waals surface area (Å²) in [5.74, 6) is -2.84. The molecule has 0 unspecified atom stereocenters. The molecule has 13 heteroatoms. The number of unbranched alkanes of at least 4 members (excludes halogenated alkanes) is 1. The van der Waals surface area contributed by atoms with Crippen molar-refractivity contribution in [1.29, 1.82) is 0 Å². The molecular formula is C39H44I2N6O5. The number of benzene rings is 4. The minimum Gasteiger partial charge on any atom is -0.368 e. The Morgan fingerprint density at radius 3 is 1.50 bits per heavy atom. The first-order valence-electron chi connectivity index (χ1n) is 17.1. The molecule has 0 bridgehead atoms. The molecule has 0 spiro atoms. The molecule has 0 saturated carbocycles. The number of amides is 5. The summed E-state index contributed by atoms with van der Waals surface area (Å²) >= 11 is 4.37. The Labute approximate surface area is 331 Å². The normalized spacial score (nSPS) is 13.3. The summed E-state index contributed by atoms with van der Waals surface area (Å²) in [4.78, 5) is 66.5. The van der Waals surface area contributed by atoms with Gasteiger partial charge >= 0.3 is 0 Å². The van der Waals surface area contributed by atoms with E-state index in [2.05, 4.69) is 66.4 Å². The SMILES string of the molecule is CC(=O)N[C@H](Cc1ccc(I)cc1)C(=O)N[C@H](Cc1ccc2ccccc2c1)C(=O)N[C@H](Cc1ccc(I)cc1)C(=O)N[C@H](CCCCN)C(N)=O. The van der Waals surface area contributed by atoms with E-state index in [0.29, 0.717) is 25.8 Å². The van der Waals surface area contributed by atoms with Crippen LogP contribution in [0.5, 0.6) is 0 Å². The Hall–Kier alpha value is -4.09. The molecule has 4 rings (SSSR count). The highest BCUT2D eigenvalue weighted by atomic mass is 127. The molecule has 0 heterocycles.